The molecule has 1 aromatic carbocycles. The Labute approximate surface area is 191 Å². The van der Waals surface area contributed by atoms with Gasteiger partial charge in [-0.25, -0.2) is 0 Å². The van der Waals surface area contributed by atoms with Gasteiger partial charge < -0.3 is 20.1 Å². The number of nitrogens with zero attached hydrogens (tertiary/aromatic N) is 1. The summed E-state index contributed by atoms with van der Waals surface area (Å²) in [4.78, 5) is 4.83. The van der Waals surface area contributed by atoms with Gasteiger partial charge in [0.2, 0.25) is 0 Å². The molecule has 1 heterocycles. The molecule has 1 aliphatic carbocycles. The van der Waals surface area contributed by atoms with E-state index in [1.54, 1.807) is 0 Å². The lowest BCUT2D eigenvalue weighted by molar-refractivity contribution is 0.0888. The number of nitrogens with one attached hydrogen (secondary N) is 2. The molecule has 1 aliphatic heterocycles. The molecule has 1 unspecified atom stereocenters. The lowest BCUT2D eigenvalue weighted by Crippen LogP contribution is -2.38. The lowest BCUT2D eigenvalue weighted by atomic mass is 9.96. The van der Waals surface area contributed by atoms with Gasteiger partial charge in [-0.2, -0.15) is 0 Å². The second-order valence-corrected chi connectivity index (χ2v) is 8.00. The molecule has 3 rings (SSSR count). The van der Waals surface area contributed by atoms with Gasteiger partial charge in [0.15, 0.2) is 5.96 Å². The number of benzene rings is 1. The third-order valence-electron chi connectivity index (χ3n) is 5.33. The van der Waals surface area contributed by atoms with Gasteiger partial charge in [-0.05, 0) is 50.3 Å². The van der Waals surface area contributed by atoms with Crippen LogP contribution in [0.2, 0.25) is 5.02 Å². The summed E-state index contributed by atoms with van der Waals surface area (Å²) in [7, 11) is 0. The van der Waals surface area contributed by atoms with Gasteiger partial charge in [0.25, 0.3) is 0 Å². The molecule has 0 amide bonds. The van der Waals surface area contributed by atoms with Crippen molar-refractivity contribution in [2.24, 2.45) is 10.9 Å². The summed E-state index contributed by atoms with van der Waals surface area (Å²) in [6.07, 6.45) is 4.48. The van der Waals surface area contributed by atoms with Gasteiger partial charge in [0.1, 0.15) is 0 Å². The number of guanidine groups is 1. The molecule has 1 saturated carbocycles. The van der Waals surface area contributed by atoms with E-state index in [0.29, 0.717) is 5.92 Å². The lowest BCUT2D eigenvalue weighted by Gasteiger charge is -2.16. The number of aliphatic imine (C=N–C) groups is 1. The molecule has 2 fully saturated rings. The van der Waals surface area contributed by atoms with Crippen LogP contribution in [0, 0.1) is 5.92 Å². The molecule has 1 aromatic rings. The molecule has 1 atom stereocenters. The summed E-state index contributed by atoms with van der Waals surface area (Å²) in [5.74, 6) is 1.47. The van der Waals surface area contributed by atoms with Crippen LogP contribution in [0.1, 0.15) is 38.2 Å². The zero-order chi connectivity index (χ0) is 19.0. The largest absolute Gasteiger partial charge is 0.381 e. The highest BCUT2D eigenvalue weighted by Gasteiger charge is 2.44. The number of hydrogen-bond acceptors (Lipinski definition) is 3. The van der Waals surface area contributed by atoms with E-state index in [-0.39, 0.29) is 29.4 Å². The van der Waals surface area contributed by atoms with E-state index in [1.807, 2.05) is 12.1 Å². The molecule has 28 heavy (non-hydrogen) atoms. The van der Waals surface area contributed by atoms with Crippen LogP contribution in [0.3, 0.4) is 0 Å². The molecule has 7 heteroatoms. The molecule has 0 radical (unpaired) electrons. The first kappa shape index (κ1) is 23.7. The normalized spacial score (nSPS) is 20.5. The van der Waals surface area contributed by atoms with Crippen molar-refractivity contribution in [2.75, 3.05) is 46.1 Å². The van der Waals surface area contributed by atoms with Crippen molar-refractivity contribution in [3.8, 4) is 0 Å². The Balaban J connectivity index is 0.00000280. The van der Waals surface area contributed by atoms with Crippen molar-refractivity contribution in [2.45, 2.75) is 38.0 Å². The summed E-state index contributed by atoms with van der Waals surface area (Å²) in [5, 5.41) is 7.55. The average Bonchev–Trinajstić information content (AvgIpc) is 3.28. The SMILES string of the molecule is CCNC(=NCC1(c2ccc(Cl)cc2)CC1)NCCCOCC1CCOC1.I. The van der Waals surface area contributed by atoms with Crippen molar-refractivity contribution >= 4 is 41.5 Å². The first-order chi connectivity index (χ1) is 13.2. The second kappa shape index (κ2) is 12.2. The van der Waals surface area contributed by atoms with Crippen LogP contribution < -0.4 is 10.6 Å². The summed E-state index contributed by atoms with van der Waals surface area (Å²) in [6, 6.07) is 8.22. The molecule has 0 spiro atoms. The third kappa shape index (κ3) is 7.35. The fourth-order valence-corrected chi connectivity index (χ4v) is 3.54. The maximum absolute atomic E-state index is 6.02. The average molecular weight is 522 g/mol. The summed E-state index contributed by atoms with van der Waals surface area (Å²) < 4.78 is 11.1. The Morgan fingerprint density at radius 3 is 2.71 bits per heavy atom. The monoisotopic (exact) mass is 521 g/mol. The molecule has 5 nitrogen and oxygen atoms in total. The maximum atomic E-state index is 6.02. The number of halogens is 2. The van der Waals surface area contributed by atoms with E-state index in [2.05, 4.69) is 29.7 Å². The Hall–Kier alpha value is -0.570. The Morgan fingerprint density at radius 1 is 1.29 bits per heavy atom. The Bertz CT molecular complexity index is 602. The zero-order valence-corrected chi connectivity index (χ0v) is 19.8. The third-order valence-corrected chi connectivity index (χ3v) is 5.58. The molecule has 2 N–H and O–H groups in total. The van der Waals surface area contributed by atoms with E-state index in [4.69, 9.17) is 26.1 Å². The van der Waals surface area contributed by atoms with E-state index in [9.17, 15) is 0 Å². The van der Waals surface area contributed by atoms with Crippen LogP contribution in [0.5, 0.6) is 0 Å². The molecule has 2 aliphatic rings. The Kier molecular flexibility index (Phi) is 10.3. The quantitative estimate of drug-likeness (QED) is 0.212. The van der Waals surface area contributed by atoms with E-state index < -0.39 is 0 Å². The van der Waals surface area contributed by atoms with Crippen LogP contribution in [-0.4, -0.2) is 52.0 Å². The maximum Gasteiger partial charge on any atom is 0.191 e. The molecule has 0 aromatic heterocycles. The van der Waals surface area contributed by atoms with Gasteiger partial charge in [0.05, 0.1) is 19.8 Å². The van der Waals surface area contributed by atoms with Gasteiger partial charge in [-0.1, -0.05) is 23.7 Å². The predicted molar refractivity (Wildman–Crippen MR) is 126 cm³/mol. The predicted octanol–water partition coefficient (Wildman–Crippen LogP) is 3.99. The molecular formula is C21H33ClIN3O2. The minimum Gasteiger partial charge on any atom is -0.381 e. The second-order valence-electron chi connectivity index (χ2n) is 7.57. The fourth-order valence-electron chi connectivity index (χ4n) is 3.41. The van der Waals surface area contributed by atoms with Crippen molar-refractivity contribution in [1.82, 2.24) is 10.6 Å². The van der Waals surface area contributed by atoms with Crippen LogP contribution in [0.4, 0.5) is 0 Å². The molecule has 0 bridgehead atoms. The minimum absolute atomic E-state index is 0. The van der Waals surface area contributed by atoms with E-state index in [1.165, 1.54) is 18.4 Å². The van der Waals surface area contributed by atoms with Crippen LogP contribution >= 0.6 is 35.6 Å². The highest BCUT2D eigenvalue weighted by atomic mass is 127. The molecule has 1 saturated heterocycles. The number of ether oxygens (including phenoxy) is 2. The number of rotatable bonds is 10. The molecule has 158 valence electrons. The van der Waals surface area contributed by atoms with Gasteiger partial charge in [0, 0.05) is 42.7 Å². The first-order valence-corrected chi connectivity index (χ1v) is 10.5. The minimum atomic E-state index is 0. The summed E-state index contributed by atoms with van der Waals surface area (Å²) in [6.45, 7) is 7.95. The van der Waals surface area contributed by atoms with Gasteiger partial charge in [-0.3, -0.25) is 4.99 Å². The van der Waals surface area contributed by atoms with Crippen molar-refractivity contribution in [3.63, 3.8) is 0 Å². The van der Waals surface area contributed by atoms with Crippen LogP contribution in [0.15, 0.2) is 29.3 Å². The van der Waals surface area contributed by atoms with Crippen molar-refractivity contribution in [3.05, 3.63) is 34.9 Å². The summed E-state index contributed by atoms with van der Waals surface area (Å²) in [5.41, 5.74) is 1.54. The van der Waals surface area contributed by atoms with E-state index >= 15 is 0 Å². The smallest absolute Gasteiger partial charge is 0.191 e. The van der Waals surface area contributed by atoms with Gasteiger partial charge in [-0.15, -0.1) is 24.0 Å². The molecular weight excluding hydrogens is 489 g/mol. The topological polar surface area (TPSA) is 54.9 Å². The Morgan fingerprint density at radius 2 is 2.07 bits per heavy atom. The number of hydrogen-bond donors (Lipinski definition) is 2. The zero-order valence-electron chi connectivity index (χ0n) is 16.7. The van der Waals surface area contributed by atoms with Gasteiger partial charge >= 0.3 is 0 Å². The van der Waals surface area contributed by atoms with Crippen LogP contribution in [-0.2, 0) is 14.9 Å². The van der Waals surface area contributed by atoms with Crippen molar-refractivity contribution in [1.29, 1.82) is 0 Å². The summed E-state index contributed by atoms with van der Waals surface area (Å²) >= 11 is 6.02. The van der Waals surface area contributed by atoms with E-state index in [0.717, 1.165) is 69.9 Å². The highest BCUT2D eigenvalue weighted by molar-refractivity contribution is 14.0. The van der Waals surface area contributed by atoms with Crippen molar-refractivity contribution < 1.29 is 9.47 Å². The standard InChI is InChI=1S/C21H32ClN3O2.HI/c1-2-23-20(24-11-3-12-26-14-17-8-13-27-15-17)25-16-21(9-10-21)18-4-6-19(22)7-5-18;/h4-7,17H,2-3,8-16H2,1H3,(H2,23,24,25);1H. The fraction of sp³-hybridized carbons (Fsp3) is 0.667. The first-order valence-electron chi connectivity index (χ1n) is 10.2. The highest BCUT2D eigenvalue weighted by Crippen LogP contribution is 2.48. The van der Waals surface area contributed by atoms with Crippen LogP contribution in [0.25, 0.3) is 0 Å².